The van der Waals surface area contributed by atoms with Crippen molar-refractivity contribution in [3.8, 4) is 11.3 Å². The lowest BCUT2D eigenvalue weighted by molar-refractivity contribution is -0.113. The molecule has 1 aliphatic rings. The Morgan fingerprint density at radius 2 is 1.90 bits per heavy atom. The van der Waals surface area contributed by atoms with Crippen LogP contribution in [0.3, 0.4) is 0 Å². The first kappa shape index (κ1) is 20.6. The Morgan fingerprint density at radius 1 is 1.17 bits per heavy atom. The Bertz CT molecular complexity index is 1210. The summed E-state index contributed by atoms with van der Waals surface area (Å²) in [5.41, 5.74) is 2.24. The largest absolute Gasteiger partial charge is 0.478 e. The number of carboxylic acid groups (broad SMARTS) is 1. The Kier molecular flexibility index (Phi) is 5.64. The molecule has 150 valence electrons. The first-order valence-corrected chi connectivity index (χ1v) is 10.8. The molecule has 1 amide bonds. The van der Waals surface area contributed by atoms with E-state index >= 15 is 0 Å². The topological polar surface area (TPSA) is 70.8 Å². The number of amides is 1. The van der Waals surface area contributed by atoms with E-state index < -0.39 is 5.97 Å². The van der Waals surface area contributed by atoms with Gasteiger partial charge >= 0.3 is 5.97 Å². The minimum absolute atomic E-state index is 0.0961. The molecule has 0 radical (unpaired) electrons. The van der Waals surface area contributed by atoms with Crippen molar-refractivity contribution in [1.29, 1.82) is 0 Å². The minimum atomic E-state index is -1.06. The number of carbonyl (C=O) groups is 2. The van der Waals surface area contributed by atoms with Crippen LogP contribution in [0.2, 0.25) is 0 Å². The molecule has 1 aromatic heterocycles. The van der Waals surface area contributed by atoms with Crippen LogP contribution in [0.5, 0.6) is 0 Å². The van der Waals surface area contributed by atoms with Crippen LogP contribution >= 0.6 is 39.9 Å². The molecule has 0 atom stereocenters. The number of nitrogens with zero attached hydrogens (tertiary/aromatic N) is 1. The summed E-state index contributed by atoms with van der Waals surface area (Å²) in [7, 11) is 0. The average molecular weight is 500 g/mol. The molecule has 1 saturated heterocycles. The van der Waals surface area contributed by atoms with Gasteiger partial charge in [0.05, 0.1) is 16.2 Å². The predicted molar refractivity (Wildman–Crippen MR) is 126 cm³/mol. The predicted octanol–water partition coefficient (Wildman–Crippen LogP) is 6.12. The molecule has 1 fully saturated rings. The summed E-state index contributed by atoms with van der Waals surface area (Å²) in [6.07, 6.45) is 1.65. The van der Waals surface area contributed by atoms with Gasteiger partial charge in [-0.3, -0.25) is 9.69 Å². The standard InChI is InChI=1S/C22H14BrNO4S2/c1-12-2-3-14(21(26)27)10-17(12)24-20(25)19(30-22(24)29)11-16-8-9-18(28-16)13-4-6-15(23)7-5-13/h2-11H,1H3,(H,26,27)/b19-11+. The molecule has 30 heavy (non-hydrogen) atoms. The number of anilines is 1. The molecule has 8 heteroatoms. The fraction of sp³-hybridized carbons (Fsp3) is 0.0455. The van der Waals surface area contributed by atoms with E-state index in [0.29, 0.717) is 26.4 Å². The highest BCUT2D eigenvalue weighted by molar-refractivity contribution is 9.10. The molecule has 0 aliphatic carbocycles. The maximum absolute atomic E-state index is 13.0. The molecule has 5 nitrogen and oxygen atoms in total. The van der Waals surface area contributed by atoms with E-state index in [0.717, 1.165) is 27.4 Å². The summed E-state index contributed by atoms with van der Waals surface area (Å²) in [4.78, 5) is 26.1. The summed E-state index contributed by atoms with van der Waals surface area (Å²) in [6, 6.07) is 16.0. The van der Waals surface area contributed by atoms with Gasteiger partial charge in [-0.1, -0.05) is 58.1 Å². The summed E-state index contributed by atoms with van der Waals surface area (Å²) < 4.78 is 7.19. The number of carboxylic acids is 1. The number of aryl methyl sites for hydroxylation is 1. The molecule has 0 spiro atoms. The summed E-state index contributed by atoms with van der Waals surface area (Å²) in [6.45, 7) is 1.81. The summed E-state index contributed by atoms with van der Waals surface area (Å²) in [5, 5.41) is 9.27. The van der Waals surface area contributed by atoms with Crippen molar-refractivity contribution in [2.45, 2.75) is 6.92 Å². The van der Waals surface area contributed by atoms with Crippen LogP contribution in [-0.2, 0) is 4.79 Å². The van der Waals surface area contributed by atoms with Gasteiger partial charge in [-0.05, 0) is 48.9 Å². The van der Waals surface area contributed by atoms with Gasteiger partial charge in [-0.25, -0.2) is 4.79 Å². The quantitative estimate of drug-likeness (QED) is 0.344. The highest BCUT2D eigenvalue weighted by Crippen LogP contribution is 2.38. The first-order valence-electron chi connectivity index (χ1n) is 8.81. The van der Waals surface area contributed by atoms with E-state index in [2.05, 4.69) is 15.9 Å². The number of hydrogen-bond donors (Lipinski definition) is 1. The Morgan fingerprint density at radius 3 is 2.60 bits per heavy atom. The van der Waals surface area contributed by atoms with Crippen LogP contribution in [0.1, 0.15) is 21.7 Å². The number of furan rings is 1. The molecule has 0 unspecified atom stereocenters. The Labute approximate surface area is 190 Å². The number of aromatic carboxylic acids is 1. The maximum Gasteiger partial charge on any atom is 0.335 e. The normalized spacial score (nSPS) is 15.3. The van der Waals surface area contributed by atoms with Crippen LogP contribution < -0.4 is 4.90 Å². The van der Waals surface area contributed by atoms with Crippen molar-refractivity contribution in [3.63, 3.8) is 0 Å². The lowest BCUT2D eigenvalue weighted by Gasteiger charge is -2.17. The van der Waals surface area contributed by atoms with Crippen LogP contribution in [-0.4, -0.2) is 21.3 Å². The van der Waals surface area contributed by atoms with Crippen LogP contribution in [0.4, 0.5) is 5.69 Å². The first-order chi connectivity index (χ1) is 14.3. The number of hydrogen-bond acceptors (Lipinski definition) is 5. The highest BCUT2D eigenvalue weighted by atomic mass is 79.9. The van der Waals surface area contributed by atoms with E-state index in [1.165, 1.54) is 17.0 Å². The summed E-state index contributed by atoms with van der Waals surface area (Å²) in [5.74, 6) is -0.149. The molecule has 2 heterocycles. The van der Waals surface area contributed by atoms with Gasteiger partial charge in [0.2, 0.25) is 0 Å². The van der Waals surface area contributed by atoms with E-state index in [-0.39, 0.29) is 11.5 Å². The number of thiocarbonyl (C=S) groups is 1. The molecular weight excluding hydrogens is 486 g/mol. The van der Waals surface area contributed by atoms with Gasteiger partial charge in [-0.15, -0.1) is 0 Å². The van der Waals surface area contributed by atoms with Crippen molar-refractivity contribution in [2.24, 2.45) is 0 Å². The minimum Gasteiger partial charge on any atom is -0.478 e. The van der Waals surface area contributed by atoms with Crippen molar-refractivity contribution >= 4 is 67.9 Å². The number of halogens is 1. The van der Waals surface area contributed by atoms with Crippen LogP contribution in [0.15, 0.2) is 68.4 Å². The third kappa shape index (κ3) is 3.98. The lowest BCUT2D eigenvalue weighted by atomic mass is 10.1. The Balaban J connectivity index is 1.63. The maximum atomic E-state index is 13.0. The van der Waals surface area contributed by atoms with Crippen molar-refractivity contribution < 1.29 is 19.1 Å². The average Bonchev–Trinajstić information content (AvgIpc) is 3.28. The second-order valence-electron chi connectivity index (χ2n) is 6.53. The van der Waals surface area contributed by atoms with E-state index in [9.17, 15) is 14.7 Å². The number of rotatable bonds is 4. The van der Waals surface area contributed by atoms with Gasteiger partial charge in [0.25, 0.3) is 5.91 Å². The molecule has 1 aliphatic heterocycles. The second kappa shape index (κ2) is 8.22. The molecule has 0 saturated carbocycles. The van der Waals surface area contributed by atoms with E-state index in [1.807, 2.05) is 30.3 Å². The molecule has 2 aromatic carbocycles. The number of benzene rings is 2. The Hall–Kier alpha value is -2.68. The monoisotopic (exact) mass is 499 g/mol. The van der Waals surface area contributed by atoms with E-state index in [1.54, 1.807) is 25.1 Å². The van der Waals surface area contributed by atoms with Gasteiger partial charge in [0, 0.05) is 16.1 Å². The van der Waals surface area contributed by atoms with Crippen molar-refractivity contribution in [1.82, 2.24) is 0 Å². The third-order valence-electron chi connectivity index (χ3n) is 4.52. The third-order valence-corrected chi connectivity index (χ3v) is 6.35. The van der Waals surface area contributed by atoms with Gasteiger partial charge in [0.1, 0.15) is 11.5 Å². The smallest absolute Gasteiger partial charge is 0.335 e. The zero-order valence-electron chi connectivity index (χ0n) is 15.6. The number of thioether (sulfide) groups is 1. The molecule has 0 bridgehead atoms. The summed E-state index contributed by atoms with van der Waals surface area (Å²) >= 11 is 9.96. The molecule has 3 aromatic rings. The lowest BCUT2D eigenvalue weighted by Crippen LogP contribution is -2.28. The van der Waals surface area contributed by atoms with E-state index in [4.69, 9.17) is 16.6 Å². The number of carbonyl (C=O) groups excluding carboxylic acids is 1. The molecule has 1 N–H and O–H groups in total. The second-order valence-corrected chi connectivity index (χ2v) is 9.12. The van der Waals surface area contributed by atoms with Crippen LogP contribution in [0.25, 0.3) is 17.4 Å². The zero-order chi connectivity index (χ0) is 21.4. The van der Waals surface area contributed by atoms with Gasteiger partial charge in [0.15, 0.2) is 4.32 Å². The highest BCUT2D eigenvalue weighted by Gasteiger charge is 2.34. The van der Waals surface area contributed by atoms with Gasteiger partial charge in [-0.2, -0.15) is 0 Å². The zero-order valence-corrected chi connectivity index (χ0v) is 18.8. The molecular formula is C22H14BrNO4S2. The fourth-order valence-electron chi connectivity index (χ4n) is 2.99. The van der Waals surface area contributed by atoms with Crippen molar-refractivity contribution in [2.75, 3.05) is 4.90 Å². The SMILES string of the molecule is Cc1ccc(C(=O)O)cc1N1C(=O)/C(=C\c2ccc(-c3ccc(Br)cc3)o2)SC1=S. The van der Waals surface area contributed by atoms with Gasteiger partial charge < -0.3 is 9.52 Å². The fourth-order valence-corrected chi connectivity index (χ4v) is 4.52. The van der Waals surface area contributed by atoms with Crippen LogP contribution in [0, 0.1) is 6.92 Å². The molecule has 4 rings (SSSR count). The van der Waals surface area contributed by atoms with Crippen molar-refractivity contribution in [3.05, 3.63) is 80.9 Å².